The number of hydrogen-bond donors (Lipinski definition) is 0. The number of nitrogens with zero attached hydrogens (tertiary/aromatic N) is 4. The van der Waals surface area contributed by atoms with E-state index in [0.717, 1.165) is 25.8 Å². The summed E-state index contributed by atoms with van der Waals surface area (Å²) in [6.45, 7) is 1.42. The van der Waals surface area contributed by atoms with E-state index >= 15 is 0 Å². The molecule has 0 aromatic heterocycles. The molecule has 0 aliphatic carbocycles. The van der Waals surface area contributed by atoms with Crippen molar-refractivity contribution in [1.82, 2.24) is 9.80 Å². The molecule has 0 unspecified atom stereocenters. The Labute approximate surface area is 130 Å². The van der Waals surface area contributed by atoms with Crippen LogP contribution < -0.4 is 0 Å². The van der Waals surface area contributed by atoms with Crippen molar-refractivity contribution in [3.8, 4) is 12.3 Å². The fourth-order valence-corrected chi connectivity index (χ4v) is 3.65. The van der Waals surface area contributed by atoms with E-state index in [0.29, 0.717) is 25.8 Å². The minimum Gasteiger partial charge on any atom is -0.343 e. The summed E-state index contributed by atoms with van der Waals surface area (Å²) in [5.74, 6) is 2.89. The number of likely N-dealkylation sites (tertiary alicyclic amines) is 2. The van der Waals surface area contributed by atoms with Crippen molar-refractivity contribution in [3.05, 3.63) is 0 Å². The van der Waals surface area contributed by atoms with Crippen molar-refractivity contribution >= 4 is 11.8 Å². The molecule has 0 aromatic carbocycles. The van der Waals surface area contributed by atoms with Crippen molar-refractivity contribution in [1.29, 1.82) is 0 Å². The molecule has 2 amide bonds. The molecule has 0 aromatic rings. The molecule has 2 fully saturated rings. The highest BCUT2D eigenvalue weighted by Gasteiger charge is 2.46. The third kappa shape index (κ3) is 2.72. The predicted molar refractivity (Wildman–Crippen MR) is 80.8 cm³/mol. The van der Waals surface area contributed by atoms with Gasteiger partial charge in [-0.25, -0.2) is 0 Å². The summed E-state index contributed by atoms with van der Waals surface area (Å²) in [5.41, 5.74) is -0.403. The van der Waals surface area contributed by atoms with Crippen LogP contribution in [0.5, 0.6) is 0 Å². The summed E-state index contributed by atoms with van der Waals surface area (Å²) in [4.78, 5) is 28.3. The van der Waals surface area contributed by atoms with Crippen LogP contribution in [0.4, 0.5) is 0 Å². The number of hydrogen-bond acceptors (Lipinski definition) is 4. The monoisotopic (exact) mass is 302 g/mol. The summed E-state index contributed by atoms with van der Waals surface area (Å²) < 4.78 is 0. The lowest BCUT2D eigenvalue weighted by Crippen LogP contribution is -2.48. The molecule has 0 spiro atoms. The van der Waals surface area contributed by atoms with E-state index in [2.05, 4.69) is 16.1 Å². The summed E-state index contributed by atoms with van der Waals surface area (Å²) in [6.07, 6.45) is 9.50. The second-order valence-electron chi connectivity index (χ2n) is 6.51. The van der Waals surface area contributed by atoms with Crippen molar-refractivity contribution in [2.75, 3.05) is 20.1 Å². The lowest BCUT2D eigenvalue weighted by atomic mass is 9.91. The van der Waals surface area contributed by atoms with Gasteiger partial charge >= 0.3 is 0 Å². The van der Waals surface area contributed by atoms with Crippen LogP contribution in [0.3, 0.4) is 0 Å². The SMILES string of the molecule is C#CCCC1(CCC(=O)N2CCC[C@@H]3C(=O)N(C)C[C@@H]32)N=N1. The van der Waals surface area contributed by atoms with E-state index < -0.39 is 5.66 Å². The number of terminal acetylenes is 1. The number of rotatable bonds is 5. The van der Waals surface area contributed by atoms with Gasteiger partial charge < -0.3 is 9.80 Å². The standard InChI is InChI=1S/C16H22N4O2/c1-3-4-8-16(17-18-16)9-7-14(21)20-10-5-6-12-13(20)11-19(2)15(12)22/h1,12-13H,4-11H2,2H3/t12-,13-/m0/s1. The number of likely N-dealkylation sites (N-methyl/N-ethyl adjacent to an activating group) is 1. The molecule has 0 N–H and O–H groups in total. The maximum atomic E-state index is 12.6. The quantitative estimate of drug-likeness (QED) is 0.721. The van der Waals surface area contributed by atoms with Gasteiger partial charge in [-0.2, -0.15) is 10.2 Å². The molecule has 6 heteroatoms. The Balaban J connectivity index is 1.56. The summed E-state index contributed by atoms with van der Waals surface area (Å²) in [7, 11) is 1.82. The average Bonchev–Trinajstić information content (AvgIpc) is 3.24. The Morgan fingerprint density at radius 1 is 1.45 bits per heavy atom. The van der Waals surface area contributed by atoms with Crippen molar-refractivity contribution in [2.45, 2.75) is 50.2 Å². The number of piperidine rings is 1. The van der Waals surface area contributed by atoms with E-state index in [9.17, 15) is 9.59 Å². The number of carbonyl (C=O) groups excluding carboxylic acids is 2. The van der Waals surface area contributed by atoms with Crippen LogP contribution in [-0.2, 0) is 9.59 Å². The van der Waals surface area contributed by atoms with Gasteiger partial charge in [0.25, 0.3) is 0 Å². The number of fused-ring (bicyclic) bond motifs is 1. The van der Waals surface area contributed by atoms with E-state index in [1.807, 2.05) is 11.9 Å². The first-order valence-corrected chi connectivity index (χ1v) is 7.98. The van der Waals surface area contributed by atoms with E-state index in [4.69, 9.17) is 6.42 Å². The highest BCUT2D eigenvalue weighted by Crippen LogP contribution is 2.38. The van der Waals surface area contributed by atoms with Crippen LogP contribution in [0.25, 0.3) is 0 Å². The van der Waals surface area contributed by atoms with Gasteiger partial charge in [0.2, 0.25) is 11.8 Å². The minimum absolute atomic E-state index is 0.00611. The molecule has 2 atom stereocenters. The summed E-state index contributed by atoms with van der Waals surface area (Å²) in [5, 5.41) is 8.15. The fraction of sp³-hybridized carbons (Fsp3) is 0.750. The molecule has 6 nitrogen and oxygen atoms in total. The zero-order valence-electron chi connectivity index (χ0n) is 13.0. The van der Waals surface area contributed by atoms with Gasteiger partial charge in [0.15, 0.2) is 5.66 Å². The number of carbonyl (C=O) groups is 2. The van der Waals surface area contributed by atoms with Crippen LogP contribution in [0.15, 0.2) is 10.2 Å². The van der Waals surface area contributed by atoms with E-state index in [1.165, 1.54) is 0 Å². The Hall–Kier alpha value is -1.90. The molecular weight excluding hydrogens is 280 g/mol. The first-order chi connectivity index (χ1) is 10.6. The topological polar surface area (TPSA) is 65.3 Å². The molecule has 3 heterocycles. The van der Waals surface area contributed by atoms with E-state index in [1.54, 1.807) is 4.90 Å². The minimum atomic E-state index is -0.403. The first kappa shape index (κ1) is 15.0. The molecule has 2 saturated heterocycles. The van der Waals surface area contributed by atoms with Crippen molar-refractivity contribution in [3.63, 3.8) is 0 Å². The molecule has 3 aliphatic rings. The lowest BCUT2D eigenvalue weighted by Gasteiger charge is -2.36. The van der Waals surface area contributed by atoms with Gasteiger partial charge in [0.1, 0.15) is 0 Å². The van der Waals surface area contributed by atoms with Gasteiger partial charge in [-0.3, -0.25) is 9.59 Å². The van der Waals surface area contributed by atoms with Gasteiger partial charge in [-0.15, -0.1) is 12.3 Å². The Kier molecular flexibility index (Phi) is 3.90. The molecule has 3 rings (SSSR count). The maximum absolute atomic E-state index is 12.6. The number of amides is 2. The second-order valence-corrected chi connectivity index (χ2v) is 6.51. The zero-order chi connectivity index (χ0) is 15.7. The average molecular weight is 302 g/mol. The van der Waals surface area contributed by atoms with Crippen molar-refractivity contribution < 1.29 is 9.59 Å². The Bertz CT molecular complexity index is 545. The maximum Gasteiger partial charge on any atom is 0.227 e. The van der Waals surface area contributed by atoms with Crippen LogP contribution in [0.2, 0.25) is 0 Å². The second kappa shape index (κ2) is 5.71. The fourth-order valence-electron chi connectivity index (χ4n) is 3.65. The highest BCUT2D eigenvalue weighted by atomic mass is 16.2. The molecule has 22 heavy (non-hydrogen) atoms. The van der Waals surface area contributed by atoms with Gasteiger partial charge in [-0.05, 0) is 12.8 Å². The largest absolute Gasteiger partial charge is 0.343 e. The Morgan fingerprint density at radius 3 is 2.91 bits per heavy atom. The molecular formula is C16H22N4O2. The van der Waals surface area contributed by atoms with Crippen LogP contribution in [0, 0.1) is 18.3 Å². The molecule has 3 aliphatic heterocycles. The van der Waals surface area contributed by atoms with Gasteiger partial charge in [0, 0.05) is 45.8 Å². The predicted octanol–water partition coefficient (Wildman–Crippen LogP) is 1.42. The molecule has 0 radical (unpaired) electrons. The van der Waals surface area contributed by atoms with Gasteiger partial charge in [0.05, 0.1) is 12.0 Å². The lowest BCUT2D eigenvalue weighted by molar-refractivity contribution is -0.137. The molecule has 0 bridgehead atoms. The zero-order valence-corrected chi connectivity index (χ0v) is 13.0. The Morgan fingerprint density at radius 2 is 2.23 bits per heavy atom. The summed E-state index contributed by atoms with van der Waals surface area (Å²) >= 11 is 0. The normalized spacial score (nSPS) is 28.5. The van der Waals surface area contributed by atoms with Crippen LogP contribution >= 0.6 is 0 Å². The molecule has 0 saturated carbocycles. The van der Waals surface area contributed by atoms with Crippen LogP contribution in [0.1, 0.15) is 38.5 Å². The first-order valence-electron chi connectivity index (χ1n) is 7.98. The third-order valence-corrected chi connectivity index (χ3v) is 5.05. The molecule has 118 valence electrons. The smallest absolute Gasteiger partial charge is 0.227 e. The van der Waals surface area contributed by atoms with Crippen molar-refractivity contribution in [2.24, 2.45) is 16.1 Å². The van der Waals surface area contributed by atoms with Crippen LogP contribution in [-0.4, -0.2) is 53.5 Å². The van der Waals surface area contributed by atoms with E-state index in [-0.39, 0.29) is 23.8 Å². The summed E-state index contributed by atoms with van der Waals surface area (Å²) in [6, 6.07) is 0.0495. The van der Waals surface area contributed by atoms with Gasteiger partial charge in [-0.1, -0.05) is 0 Å². The highest BCUT2D eigenvalue weighted by molar-refractivity contribution is 5.84. The third-order valence-electron chi connectivity index (χ3n) is 5.05.